The van der Waals surface area contributed by atoms with Crippen molar-refractivity contribution in [2.45, 2.75) is 44.0 Å². The van der Waals surface area contributed by atoms with Crippen LogP contribution in [0.1, 0.15) is 34.1 Å². The number of benzene rings is 1. The molecule has 4 atom stereocenters. The number of alkyl halides is 1. The molecule has 1 aromatic carbocycles. The second kappa shape index (κ2) is 14.1. The van der Waals surface area contributed by atoms with E-state index in [4.69, 9.17) is 9.47 Å². The standard InChI is InChI=1S/C25H33IN4O7S/c1-15-27-11-19(38-15)22(33)29-17(12-36-4)20(31)28-18(13-37-5)21(32)30-25(3,16-9-7-6-8-10-16)23(34)24(2,35)14-26/h6-11,17-18,35H,12-14H2,1-5H3,(H,28,31)(H,29,33)(H,30,32)/t17-,18-,24+,25-/m0/s1. The van der Waals surface area contributed by atoms with Gasteiger partial charge in [-0.15, -0.1) is 11.3 Å². The molecule has 0 unspecified atom stereocenters. The molecule has 4 N–H and O–H groups in total. The quantitative estimate of drug-likeness (QED) is 0.174. The molecule has 38 heavy (non-hydrogen) atoms. The monoisotopic (exact) mass is 660 g/mol. The van der Waals surface area contributed by atoms with Crippen LogP contribution in [-0.2, 0) is 29.4 Å². The summed E-state index contributed by atoms with van der Waals surface area (Å²) in [6, 6.07) is 6.16. The van der Waals surface area contributed by atoms with Crippen molar-refractivity contribution in [1.82, 2.24) is 20.9 Å². The molecule has 0 saturated heterocycles. The van der Waals surface area contributed by atoms with Crippen LogP contribution in [0, 0.1) is 6.92 Å². The molecule has 0 aliphatic heterocycles. The third-order valence-electron chi connectivity index (χ3n) is 5.69. The van der Waals surface area contributed by atoms with Gasteiger partial charge in [0.15, 0.2) is 5.78 Å². The van der Waals surface area contributed by atoms with Gasteiger partial charge in [-0.1, -0.05) is 52.9 Å². The van der Waals surface area contributed by atoms with Gasteiger partial charge in [-0.3, -0.25) is 19.2 Å². The number of aryl methyl sites for hydroxylation is 1. The minimum atomic E-state index is -1.73. The van der Waals surface area contributed by atoms with Gasteiger partial charge >= 0.3 is 0 Å². The number of carbonyl (C=O) groups is 4. The molecular weight excluding hydrogens is 627 g/mol. The Kier molecular flexibility index (Phi) is 11.8. The number of aromatic nitrogens is 1. The molecule has 3 amide bonds. The largest absolute Gasteiger partial charge is 0.382 e. The van der Waals surface area contributed by atoms with Crippen LogP contribution < -0.4 is 16.0 Å². The molecule has 2 rings (SSSR count). The minimum absolute atomic E-state index is 0.0950. The van der Waals surface area contributed by atoms with Crippen molar-refractivity contribution in [3.63, 3.8) is 0 Å². The Labute approximate surface area is 239 Å². The zero-order chi connectivity index (χ0) is 28.5. The number of aliphatic hydroxyl groups is 1. The molecule has 0 radical (unpaired) electrons. The number of carbonyl (C=O) groups excluding carboxylic acids is 4. The molecule has 11 nitrogen and oxygen atoms in total. The Morgan fingerprint density at radius 1 is 1.03 bits per heavy atom. The van der Waals surface area contributed by atoms with E-state index in [1.54, 1.807) is 37.3 Å². The maximum absolute atomic E-state index is 13.5. The third-order valence-corrected chi connectivity index (χ3v) is 8.09. The summed E-state index contributed by atoms with van der Waals surface area (Å²) >= 11 is 3.07. The maximum Gasteiger partial charge on any atom is 0.263 e. The Balaban J connectivity index is 2.28. The van der Waals surface area contributed by atoms with Crippen LogP contribution >= 0.6 is 33.9 Å². The number of halogens is 1. The van der Waals surface area contributed by atoms with E-state index >= 15 is 0 Å². The summed E-state index contributed by atoms with van der Waals surface area (Å²) in [5.74, 6) is -2.54. The summed E-state index contributed by atoms with van der Waals surface area (Å²) in [4.78, 5) is 57.0. The molecule has 2 aromatic rings. The number of ether oxygens (including phenoxy) is 2. The fraction of sp³-hybridized carbons (Fsp3) is 0.480. The van der Waals surface area contributed by atoms with E-state index in [9.17, 15) is 24.3 Å². The number of methoxy groups -OCH3 is 2. The predicted octanol–water partition coefficient (Wildman–Crippen LogP) is 1.11. The Hall–Kier alpha value is -2.46. The molecule has 0 aliphatic rings. The van der Waals surface area contributed by atoms with Crippen LogP contribution in [0.3, 0.4) is 0 Å². The first kappa shape index (κ1) is 31.8. The zero-order valence-corrected chi connectivity index (χ0v) is 24.8. The molecular formula is C25H33IN4O7S. The topological polar surface area (TPSA) is 156 Å². The number of nitrogens with one attached hydrogen (secondary N) is 3. The van der Waals surface area contributed by atoms with Gasteiger partial charge in [-0.2, -0.15) is 0 Å². The molecule has 1 heterocycles. The highest BCUT2D eigenvalue weighted by Crippen LogP contribution is 2.28. The van der Waals surface area contributed by atoms with Gasteiger partial charge in [-0.05, 0) is 26.3 Å². The van der Waals surface area contributed by atoms with Crippen molar-refractivity contribution in [3.05, 3.63) is 52.0 Å². The molecule has 0 spiro atoms. The molecule has 0 aliphatic carbocycles. The van der Waals surface area contributed by atoms with Gasteiger partial charge in [0.2, 0.25) is 11.8 Å². The van der Waals surface area contributed by atoms with E-state index in [2.05, 4.69) is 20.9 Å². The molecule has 0 bridgehead atoms. The van der Waals surface area contributed by atoms with Crippen molar-refractivity contribution >= 4 is 57.4 Å². The summed E-state index contributed by atoms with van der Waals surface area (Å²) < 4.78 is 10.3. The second-order valence-corrected chi connectivity index (χ2v) is 11.0. The SMILES string of the molecule is COC[C@H](NC(=O)c1cnc(C)s1)C(=O)N[C@@H](COC)C(=O)N[C@](C)(C(=O)[C@](C)(O)CI)c1ccccc1. The maximum atomic E-state index is 13.5. The third kappa shape index (κ3) is 8.02. The first-order valence-corrected chi connectivity index (χ1v) is 14.0. The Bertz CT molecular complexity index is 1130. The second-order valence-electron chi connectivity index (χ2n) is 8.96. The summed E-state index contributed by atoms with van der Waals surface area (Å²) in [5.41, 5.74) is -2.90. The van der Waals surface area contributed by atoms with Crippen molar-refractivity contribution in [2.24, 2.45) is 0 Å². The Morgan fingerprint density at radius 3 is 2.11 bits per heavy atom. The first-order valence-electron chi connectivity index (χ1n) is 11.6. The molecule has 13 heteroatoms. The number of rotatable bonds is 14. The molecule has 208 valence electrons. The van der Waals surface area contributed by atoms with Gasteiger partial charge in [0.25, 0.3) is 5.91 Å². The van der Waals surface area contributed by atoms with Crippen LogP contribution in [0.15, 0.2) is 36.5 Å². The average Bonchev–Trinajstić information content (AvgIpc) is 3.34. The lowest BCUT2D eigenvalue weighted by atomic mass is 9.80. The van der Waals surface area contributed by atoms with E-state index in [1.165, 1.54) is 45.6 Å². The number of Topliss-reactive ketones (excluding diaryl/α,β-unsaturated/α-hetero) is 1. The van der Waals surface area contributed by atoms with Gasteiger partial charge in [0.1, 0.15) is 28.1 Å². The van der Waals surface area contributed by atoms with Crippen LogP contribution in [-0.4, -0.2) is 83.1 Å². The van der Waals surface area contributed by atoms with Crippen LogP contribution in [0.4, 0.5) is 0 Å². The predicted molar refractivity (Wildman–Crippen MR) is 150 cm³/mol. The minimum Gasteiger partial charge on any atom is -0.382 e. The molecule has 0 fully saturated rings. The van der Waals surface area contributed by atoms with E-state index < -0.39 is 46.7 Å². The smallest absolute Gasteiger partial charge is 0.263 e. The van der Waals surface area contributed by atoms with E-state index in [-0.39, 0.29) is 17.6 Å². The summed E-state index contributed by atoms with van der Waals surface area (Å²) in [6.45, 7) is 4.25. The number of hydrogen-bond donors (Lipinski definition) is 4. The zero-order valence-electron chi connectivity index (χ0n) is 21.9. The molecule has 0 saturated carbocycles. The normalized spacial score (nSPS) is 15.9. The van der Waals surface area contributed by atoms with E-state index in [1.807, 2.05) is 22.6 Å². The highest BCUT2D eigenvalue weighted by atomic mass is 127. The fourth-order valence-corrected chi connectivity index (χ4v) is 4.66. The number of thiazole rings is 1. The van der Waals surface area contributed by atoms with Crippen LogP contribution in [0.5, 0.6) is 0 Å². The lowest BCUT2D eigenvalue weighted by Gasteiger charge is -2.36. The van der Waals surface area contributed by atoms with Crippen molar-refractivity contribution in [3.8, 4) is 0 Å². The summed E-state index contributed by atoms with van der Waals surface area (Å²) in [5, 5.41) is 19.3. The highest BCUT2D eigenvalue weighted by molar-refractivity contribution is 14.1. The van der Waals surface area contributed by atoms with Gasteiger partial charge in [0.05, 0.1) is 24.4 Å². The van der Waals surface area contributed by atoms with Gasteiger partial charge in [-0.25, -0.2) is 4.98 Å². The lowest BCUT2D eigenvalue weighted by molar-refractivity contribution is -0.144. The molecule has 1 aromatic heterocycles. The Morgan fingerprint density at radius 2 is 1.61 bits per heavy atom. The first-order chi connectivity index (χ1) is 17.9. The average molecular weight is 661 g/mol. The van der Waals surface area contributed by atoms with Crippen LogP contribution in [0.25, 0.3) is 0 Å². The lowest BCUT2D eigenvalue weighted by Crippen LogP contribution is -2.62. The number of amides is 3. The van der Waals surface area contributed by atoms with Crippen molar-refractivity contribution in [1.29, 1.82) is 0 Å². The van der Waals surface area contributed by atoms with Gasteiger partial charge in [0, 0.05) is 18.6 Å². The number of hydrogen-bond acceptors (Lipinski definition) is 9. The van der Waals surface area contributed by atoms with E-state index in [0.717, 1.165) is 0 Å². The fourth-order valence-electron chi connectivity index (χ4n) is 3.63. The highest BCUT2D eigenvalue weighted by Gasteiger charge is 2.46. The van der Waals surface area contributed by atoms with Crippen LogP contribution in [0.2, 0.25) is 0 Å². The van der Waals surface area contributed by atoms with Gasteiger partial charge < -0.3 is 30.5 Å². The summed E-state index contributed by atoms with van der Waals surface area (Å²) in [6.07, 6.45) is 1.41. The van der Waals surface area contributed by atoms with E-state index in [0.29, 0.717) is 15.4 Å². The summed E-state index contributed by atoms with van der Waals surface area (Å²) in [7, 11) is 2.73. The number of ketones is 1. The van der Waals surface area contributed by atoms with Crippen molar-refractivity contribution < 1.29 is 33.8 Å². The van der Waals surface area contributed by atoms with Crippen molar-refractivity contribution in [2.75, 3.05) is 31.9 Å². The number of nitrogens with zero attached hydrogens (tertiary/aromatic N) is 1.